The van der Waals surface area contributed by atoms with Crippen LogP contribution in [0.25, 0.3) is 15.6 Å². The van der Waals surface area contributed by atoms with Gasteiger partial charge in [0.15, 0.2) is 5.69 Å². The molecule has 0 amide bonds. The van der Waals surface area contributed by atoms with Crippen molar-refractivity contribution in [2.45, 2.75) is 0 Å². The third-order valence-electron chi connectivity index (χ3n) is 6.35. The highest BCUT2D eigenvalue weighted by molar-refractivity contribution is 7.83. The second kappa shape index (κ2) is 8.34. The molecule has 0 saturated carbocycles. The number of rotatable bonds is 2. The second-order valence-corrected chi connectivity index (χ2v) is 9.80. The highest BCUT2D eigenvalue weighted by Gasteiger charge is 2.35. The van der Waals surface area contributed by atoms with E-state index in [1.165, 1.54) is 0 Å². The molecule has 4 aromatic rings. The summed E-state index contributed by atoms with van der Waals surface area (Å²) < 4.78 is 0. The van der Waals surface area contributed by atoms with E-state index in [0.717, 1.165) is 44.4 Å². The van der Waals surface area contributed by atoms with Gasteiger partial charge in [0, 0.05) is 44.4 Å². The van der Waals surface area contributed by atoms with Gasteiger partial charge >= 0.3 is 0 Å². The molecule has 0 atom stereocenters. The van der Waals surface area contributed by atoms with Crippen LogP contribution in [0.15, 0.2) is 72.8 Å². The quantitative estimate of drug-likeness (QED) is 0.203. The molecular weight excluding hydrogens is 521 g/mol. The molecule has 8 heteroatoms. The van der Waals surface area contributed by atoms with E-state index >= 15 is 0 Å². The Morgan fingerprint density at radius 3 is 1.53 bits per heavy atom. The van der Waals surface area contributed by atoms with Crippen molar-refractivity contribution in [1.29, 1.82) is 5.26 Å². The Hall–Kier alpha value is -3.92. The average Bonchev–Trinajstić information content (AvgIpc) is 2.91. The molecule has 0 radical (unpaired) electrons. The Morgan fingerprint density at radius 2 is 1.08 bits per heavy atom. The van der Waals surface area contributed by atoms with Crippen molar-refractivity contribution in [3.8, 4) is 6.07 Å². The summed E-state index contributed by atoms with van der Waals surface area (Å²) in [6, 6.07) is 24.6. The monoisotopic (exact) mass is 532 g/mol. The standard InChI is InChI=1S/C28H12N4S4/c1-30-16-5-3-7-18(13-16)32-27(35)21-10-8-19-23-20(9-11-22(24(21)23)28(32)36)26(34)31(25(19)33)17-6-2-4-15(12-17)14-29/h2-13H. The molecule has 2 heterocycles. The highest BCUT2D eigenvalue weighted by atomic mass is 32.1. The van der Waals surface area contributed by atoms with Gasteiger partial charge in [0.25, 0.3) is 0 Å². The third-order valence-corrected chi connectivity index (χ3v) is 7.96. The van der Waals surface area contributed by atoms with E-state index in [4.69, 9.17) is 55.4 Å². The molecule has 0 unspecified atom stereocenters. The van der Waals surface area contributed by atoms with Gasteiger partial charge in [0.1, 0.15) is 20.0 Å². The van der Waals surface area contributed by atoms with Gasteiger partial charge in [-0.05, 0) is 30.3 Å². The number of thiocarbonyl (C=S) groups is 4. The molecule has 6 rings (SSSR count). The van der Waals surface area contributed by atoms with Crippen LogP contribution in [0, 0.1) is 17.9 Å². The number of benzene rings is 4. The van der Waals surface area contributed by atoms with Crippen LogP contribution >= 0.6 is 48.9 Å². The molecule has 0 aliphatic carbocycles. The minimum absolute atomic E-state index is 0.519. The molecule has 0 bridgehead atoms. The van der Waals surface area contributed by atoms with Crippen LogP contribution < -0.4 is 9.80 Å². The van der Waals surface area contributed by atoms with Crippen molar-refractivity contribution in [3.05, 3.63) is 112 Å². The predicted octanol–water partition coefficient (Wildman–Crippen LogP) is 7.00. The summed E-state index contributed by atoms with van der Waals surface area (Å²) in [5, 5.41) is 11.2. The maximum atomic E-state index is 9.37. The van der Waals surface area contributed by atoms with Crippen molar-refractivity contribution in [3.63, 3.8) is 0 Å². The lowest BCUT2D eigenvalue weighted by molar-refractivity contribution is 1.40. The van der Waals surface area contributed by atoms with Gasteiger partial charge in [-0.3, -0.25) is 9.80 Å². The summed E-state index contributed by atoms with van der Waals surface area (Å²) in [6.45, 7) is 7.38. The molecule has 168 valence electrons. The Kier molecular flexibility index (Phi) is 5.22. The molecule has 4 nitrogen and oxygen atoms in total. The van der Waals surface area contributed by atoms with E-state index in [0.29, 0.717) is 31.2 Å². The predicted molar refractivity (Wildman–Crippen MR) is 160 cm³/mol. The minimum Gasteiger partial charge on any atom is -0.292 e. The van der Waals surface area contributed by atoms with Crippen LogP contribution in [0.3, 0.4) is 0 Å². The van der Waals surface area contributed by atoms with E-state index in [-0.39, 0.29) is 0 Å². The molecule has 0 saturated heterocycles. The molecule has 36 heavy (non-hydrogen) atoms. The zero-order chi connectivity index (χ0) is 25.1. The molecule has 0 spiro atoms. The number of nitriles is 1. The van der Waals surface area contributed by atoms with Gasteiger partial charge in [-0.1, -0.05) is 91.3 Å². The molecule has 2 aliphatic rings. The van der Waals surface area contributed by atoms with Crippen molar-refractivity contribution >= 4 is 96.7 Å². The van der Waals surface area contributed by atoms with Crippen LogP contribution in [0.5, 0.6) is 0 Å². The first-order valence-corrected chi connectivity index (χ1v) is 12.4. The molecule has 2 aliphatic heterocycles. The fourth-order valence-corrected chi connectivity index (χ4v) is 6.34. The van der Waals surface area contributed by atoms with Crippen molar-refractivity contribution < 1.29 is 0 Å². The summed E-state index contributed by atoms with van der Waals surface area (Å²) >= 11 is 23.7. The van der Waals surface area contributed by atoms with Gasteiger partial charge in [-0.25, -0.2) is 4.85 Å². The van der Waals surface area contributed by atoms with Crippen molar-refractivity contribution in [1.82, 2.24) is 0 Å². The van der Waals surface area contributed by atoms with Gasteiger partial charge < -0.3 is 0 Å². The normalized spacial score (nSPS) is 14.2. The van der Waals surface area contributed by atoms with Crippen LogP contribution in [-0.4, -0.2) is 20.0 Å². The largest absolute Gasteiger partial charge is 0.292 e. The first-order chi connectivity index (χ1) is 17.4. The van der Waals surface area contributed by atoms with Crippen molar-refractivity contribution in [2.24, 2.45) is 0 Å². The Labute approximate surface area is 228 Å². The smallest absolute Gasteiger partial charge is 0.189 e. The average molecular weight is 533 g/mol. The first kappa shape index (κ1) is 22.5. The lowest BCUT2D eigenvalue weighted by atomic mass is 9.86. The maximum Gasteiger partial charge on any atom is 0.189 e. The SMILES string of the molecule is [C-]#[N+]c1cccc(N2C(=S)c3ccc4c5c(ccc(c35)C2=S)C(=S)N(c2cccc(C#N)c2)C4=S)c1. The number of nitrogens with zero attached hydrogens (tertiary/aromatic N) is 4. The van der Waals surface area contributed by atoms with Gasteiger partial charge in [-0.2, -0.15) is 5.26 Å². The van der Waals surface area contributed by atoms with Crippen LogP contribution in [-0.2, 0) is 0 Å². The van der Waals surface area contributed by atoms with E-state index < -0.39 is 0 Å². The van der Waals surface area contributed by atoms with Crippen LogP contribution in [0.1, 0.15) is 27.8 Å². The summed E-state index contributed by atoms with van der Waals surface area (Å²) in [4.78, 5) is 9.50. The number of hydrogen-bond donors (Lipinski definition) is 0. The zero-order valence-electron chi connectivity index (χ0n) is 18.4. The summed E-state index contributed by atoms with van der Waals surface area (Å²) in [5.41, 5.74) is 6.03. The Bertz CT molecular complexity index is 1610. The lowest BCUT2D eigenvalue weighted by Crippen LogP contribution is -2.42. The van der Waals surface area contributed by atoms with Crippen LogP contribution in [0.2, 0.25) is 0 Å². The van der Waals surface area contributed by atoms with Crippen LogP contribution in [0.4, 0.5) is 17.1 Å². The molecule has 0 fully saturated rings. The highest BCUT2D eigenvalue weighted by Crippen LogP contribution is 2.41. The third kappa shape index (κ3) is 3.13. The number of anilines is 2. The van der Waals surface area contributed by atoms with Crippen molar-refractivity contribution in [2.75, 3.05) is 9.80 Å². The summed E-state index contributed by atoms with van der Waals surface area (Å²) in [7, 11) is 0. The van der Waals surface area contributed by atoms with E-state index in [1.807, 2.05) is 58.3 Å². The molecule has 4 aromatic carbocycles. The summed E-state index contributed by atoms with van der Waals surface area (Å²) in [5.74, 6) is 0. The van der Waals surface area contributed by atoms with Gasteiger partial charge in [-0.15, -0.1) is 0 Å². The van der Waals surface area contributed by atoms with E-state index in [2.05, 4.69) is 10.9 Å². The minimum atomic E-state index is 0.519. The topological polar surface area (TPSA) is 34.6 Å². The first-order valence-electron chi connectivity index (χ1n) is 10.8. The van der Waals surface area contributed by atoms with E-state index in [9.17, 15) is 5.26 Å². The fourth-order valence-electron chi connectivity index (χ4n) is 4.76. The Morgan fingerprint density at radius 1 is 0.639 bits per heavy atom. The fraction of sp³-hybridized carbons (Fsp3) is 0. The number of hydrogen-bond acceptors (Lipinski definition) is 5. The van der Waals surface area contributed by atoms with E-state index in [1.54, 1.807) is 24.3 Å². The lowest BCUT2D eigenvalue weighted by Gasteiger charge is -2.36. The zero-order valence-corrected chi connectivity index (χ0v) is 21.6. The Balaban J connectivity index is 1.55. The summed E-state index contributed by atoms with van der Waals surface area (Å²) in [6.07, 6.45) is 0. The van der Waals surface area contributed by atoms with Gasteiger partial charge in [0.05, 0.1) is 18.2 Å². The molecular formula is C28H12N4S4. The van der Waals surface area contributed by atoms with Gasteiger partial charge in [0.2, 0.25) is 0 Å². The molecule has 0 aromatic heterocycles. The molecule has 0 N–H and O–H groups in total. The second-order valence-electron chi connectivity index (χ2n) is 8.26. The maximum absolute atomic E-state index is 9.37.